The summed E-state index contributed by atoms with van der Waals surface area (Å²) in [5.41, 5.74) is 0.793. The fraction of sp³-hybridized carbons (Fsp3) is 0.188. The van der Waals surface area contributed by atoms with Crippen LogP contribution in [-0.4, -0.2) is 22.5 Å². The van der Waals surface area contributed by atoms with Gasteiger partial charge in [0.1, 0.15) is 5.82 Å². The van der Waals surface area contributed by atoms with Gasteiger partial charge in [0, 0.05) is 17.4 Å². The van der Waals surface area contributed by atoms with Crippen LogP contribution < -0.4 is 10.9 Å². The molecule has 6 nitrogen and oxygen atoms in total. The summed E-state index contributed by atoms with van der Waals surface area (Å²) in [5, 5.41) is 2.75. The molecule has 1 aliphatic rings. The number of nitrogens with one attached hydrogen (secondary N) is 2. The van der Waals surface area contributed by atoms with E-state index in [0.717, 1.165) is 22.9 Å². The molecule has 0 unspecified atom stereocenters. The number of H-pyrrole nitrogens is 1. The minimum atomic E-state index is -0.640. The van der Waals surface area contributed by atoms with E-state index in [9.17, 15) is 14.0 Å². The number of aromatic amines is 1. The van der Waals surface area contributed by atoms with Crippen LogP contribution in [0.2, 0.25) is 0 Å². The molecule has 0 fully saturated rings. The fourth-order valence-corrected chi connectivity index (χ4v) is 3.67. The number of fused-ring (bicyclic) bond motifs is 2. The highest BCUT2D eigenvalue weighted by atomic mass is 32.1. The van der Waals surface area contributed by atoms with Crippen molar-refractivity contribution in [1.82, 2.24) is 9.97 Å². The molecule has 2 N–H and O–H groups in total. The van der Waals surface area contributed by atoms with Gasteiger partial charge in [-0.25, -0.2) is 9.37 Å². The summed E-state index contributed by atoms with van der Waals surface area (Å²) in [7, 11) is 0. The number of aromatic nitrogens is 2. The van der Waals surface area contributed by atoms with E-state index >= 15 is 0 Å². The molecule has 3 heterocycles. The summed E-state index contributed by atoms with van der Waals surface area (Å²) < 4.78 is 19.5. The summed E-state index contributed by atoms with van der Waals surface area (Å²) in [4.78, 5) is 32.1. The number of benzene rings is 1. The average Bonchev–Trinajstić information content (AvgIpc) is 3.00. The molecular weight excluding hydrogens is 333 g/mol. The van der Waals surface area contributed by atoms with Gasteiger partial charge < -0.3 is 15.0 Å². The number of halogens is 1. The lowest BCUT2D eigenvalue weighted by Gasteiger charge is -2.10. The molecule has 2 aromatic heterocycles. The minimum absolute atomic E-state index is 0.0476. The highest BCUT2D eigenvalue weighted by Gasteiger charge is 2.19. The van der Waals surface area contributed by atoms with Gasteiger partial charge in [-0.3, -0.25) is 9.59 Å². The zero-order chi connectivity index (χ0) is 16.7. The number of carbonyl (C=O) groups excluding carboxylic acids is 1. The van der Waals surface area contributed by atoms with Crippen LogP contribution >= 0.6 is 11.3 Å². The van der Waals surface area contributed by atoms with Gasteiger partial charge in [-0.1, -0.05) is 0 Å². The van der Waals surface area contributed by atoms with E-state index in [1.54, 1.807) is 6.07 Å². The van der Waals surface area contributed by atoms with E-state index in [1.165, 1.54) is 23.7 Å². The Morgan fingerprint density at radius 2 is 2.25 bits per heavy atom. The molecule has 0 spiro atoms. The van der Waals surface area contributed by atoms with Gasteiger partial charge >= 0.3 is 0 Å². The first kappa shape index (κ1) is 15.0. The van der Waals surface area contributed by atoms with Gasteiger partial charge in [0.25, 0.3) is 11.5 Å². The zero-order valence-electron chi connectivity index (χ0n) is 12.4. The van der Waals surface area contributed by atoms with Crippen molar-refractivity contribution < 1.29 is 13.9 Å². The fourth-order valence-electron chi connectivity index (χ4n) is 2.63. The Morgan fingerprint density at radius 3 is 3.08 bits per heavy atom. The number of anilines is 1. The van der Waals surface area contributed by atoms with Crippen molar-refractivity contribution in [2.75, 3.05) is 11.9 Å². The first-order valence-corrected chi connectivity index (χ1v) is 8.11. The van der Waals surface area contributed by atoms with E-state index in [4.69, 9.17) is 4.74 Å². The maximum absolute atomic E-state index is 14.2. The highest BCUT2D eigenvalue weighted by molar-refractivity contribution is 7.14. The van der Waals surface area contributed by atoms with Gasteiger partial charge in [-0.05, 0) is 17.7 Å². The topological polar surface area (TPSA) is 84.1 Å². The van der Waals surface area contributed by atoms with Gasteiger partial charge in [-0.15, -0.1) is 11.3 Å². The lowest BCUT2D eigenvalue weighted by molar-refractivity contribution is 0.102. The van der Waals surface area contributed by atoms with Gasteiger partial charge in [0.15, 0.2) is 0 Å². The van der Waals surface area contributed by atoms with Gasteiger partial charge in [-0.2, -0.15) is 0 Å². The van der Waals surface area contributed by atoms with Crippen molar-refractivity contribution in [3.05, 3.63) is 56.0 Å². The molecule has 0 aliphatic carbocycles. The third-order valence-corrected chi connectivity index (χ3v) is 5.06. The maximum Gasteiger partial charge on any atom is 0.265 e. The average molecular weight is 345 g/mol. The molecule has 8 heteroatoms. The number of carbonyl (C=O) groups is 1. The number of hydrogen-bond acceptors (Lipinski definition) is 5. The molecule has 0 radical (unpaired) electrons. The van der Waals surface area contributed by atoms with E-state index in [-0.39, 0.29) is 22.1 Å². The molecule has 24 heavy (non-hydrogen) atoms. The van der Waals surface area contributed by atoms with Gasteiger partial charge in [0.05, 0.1) is 41.0 Å². The van der Waals surface area contributed by atoms with Gasteiger partial charge in [0.2, 0.25) is 0 Å². The molecule has 122 valence electrons. The van der Waals surface area contributed by atoms with E-state index in [1.807, 2.05) is 0 Å². The number of nitrogens with zero attached hydrogens (tertiary/aromatic N) is 1. The molecule has 0 atom stereocenters. The summed E-state index contributed by atoms with van der Waals surface area (Å²) in [6, 6.07) is 4.19. The summed E-state index contributed by atoms with van der Waals surface area (Å²) in [6.45, 7) is 1.13. The van der Waals surface area contributed by atoms with Crippen LogP contribution in [0.3, 0.4) is 0 Å². The van der Waals surface area contributed by atoms with Crippen molar-refractivity contribution in [3.63, 3.8) is 0 Å². The first-order chi connectivity index (χ1) is 11.6. The molecular formula is C16H12FN3O3S. The second kappa shape index (κ2) is 5.81. The Balaban J connectivity index is 1.67. The SMILES string of the molecule is O=C(Nc1cc2c(=O)[nH]cnc2cc1F)c1cc2c(s1)CCOC2. The molecule has 0 bridgehead atoms. The Labute approximate surface area is 139 Å². The van der Waals surface area contributed by atoms with Crippen LogP contribution in [0.5, 0.6) is 0 Å². The van der Waals surface area contributed by atoms with E-state index in [2.05, 4.69) is 15.3 Å². The largest absolute Gasteiger partial charge is 0.376 e. The van der Waals surface area contributed by atoms with Crippen molar-refractivity contribution in [1.29, 1.82) is 0 Å². The smallest absolute Gasteiger partial charge is 0.265 e. The Kier molecular flexibility index (Phi) is 3.62. The molecule has 0 saturated heterocycles. The van der Waals surface area contributed by atoms with Crippen molar-refractivity contribution in [2.45, 2.75) is 13.0 Å². The van der Waals surface area contributed by atoms with Crippen LogP contribution in [-0.2, 0) is 17.8 Å². The predicted octanol–water partition coefficient (Wildman–Crippen LogP) is 2.45. The Morgan fingerprint density at radius 1 is 1.38 bits per heavy atom. The summed E-state index contributed by atoms with van der Waals surface area (Å²) in [6.07, 6.45) is 1.99. The lowest BCUT2D eigenvalue weighted by atomic mass is 10.2. The zero-order valence-corrected chi connectivity index (χ0v) is 13.2. The Hall–Kier alpha value is -2.58. The van der Waals surface area contributed by atoms with Crippen LogP contribution in [0.4, 0.5) is 10.1 Å². The molecule has 1 amide bonds. The van der Waals surface area contributed by atoms with E-state index in [0.29, 0.717) is 18.1 Å². The molecule has 4 rings (SSSR count). The quantitative estimate of drug-likeness (QED) is 0.747. The number of rotatable bonds is 2. The summed E-state index contributed by atoms with van der Waals surface area (Å²) >= 11 is 1.38. The van der Waals surface area contributed by atoms with Crippen LogP contribution in [0, 0.1) is 5.82 Å². The normalized spacial score (nSPS) is 13.7. The standard InChI is InChI=1S/C16H12FN3O3S/c17-10-5-11-9(15(21)19-7-18-11)4-12(10)20-16(22)14-3-8-6-23-2-1-13(8)24-14/h3-5,7H,1-2,6H2,(H,20,22)(H,18,19,21). The van der Waals surface area contributed by atoms with Crippen molar-refractivity contribution in [2.24, 2.45) is 0 Å². The number of amides is 1. The molecule has 3 aromatic rings. The third kappa shape index (κ3) is 2.59. The number of hydrogen-bond donors (Lipinski definition) is 2. The van der Waals surface area contributed by atoms with Crippen LogP contribution in [0.1, 0.15) is 20.1 Å². The minimum Gasteiger partial charge on any atom is -0.376 e. The molecule has 1 aromatic carbocycles. The third-order valence-electron chi connectivity index (χ3n) is 3.83. The first-order valence-electron chi connectivity index (χ1n) is 7.29. The van der Waals surface area contributed by atoms with Crippen LogP contribution in [0.15, 0.2) is 29.3 Å². The predicted molar refractivity (Wildman–Crippen MR) is 88.0 cm³/mol. The van der Waals surface area contributed by atoms with Crippen molar-refractivity contribution >= 4 is 33.8 Å². The monoisotopic (exact) mass is 345 g/mol. The second-order valence-electron chi connectivity index (χ2n) is 5.40. The van der Waals surface area contributed by atoms with E-state index < -0.39 is 11.7 Å². The summed E-state index contributed by atoms with van der Waals surface area (Å²) in [5.74, 6) is -1.05. The molecule has 1 aliphatic heterocycles. The lowest BCUT2D eigenvalue weighted by Crippen LogP contribution is -2.13. The van der Waals surface area contributed by atoms with Crippen molar-refractivity contribution in [3.8, 4) is 0 Å². The van der Waals surface area contributed by atoms with Crippen LogP contribution in [0.25, 0.3) is 10.9 Å². The second-order valence-corrected chi connectivity index (χ2v) is 6.53. The Bertz CT molecular complexity index is 988. The highest BCUT2D eigenvalue weighted by Crippen LogP contribution is 2.28. The number of ether oxygens (including phenoxy) is 1. The molecule has 0 saturated carbocycles. The maximum atomic E-state index is 14.2. The number of thiophene rings is 1.